The van der Waals surface area contributed by atoms with E-state index in [2.05, 4.69) is 34.1 Å². The number of nitrogens with zero attached hydrogens (tertiary/aromatic N) is 3. The lowest BCUT2D eigenvalue weighted by Gasteiger charge is -2.15. The van der Waals surface area contributed by atoms with E-state index in [-0.39, 0.29) is 0 Å². The van der Waals surface area contributed by atoms with E-state index in [1.54, 1.807) is 19.5 Å². The molecule has 0 saturated carbocycles. The fourth-order valence-electron chi connectivity index (χ4n) is 1.58. The minimum absolute atomic E-state index is 0.320. The number of methoxy groups -OCH3 is 1. The summed E-state index contributed by atoms with van der Waals surface area (Å²) in [5.74, 6) is 1.93. The molecule has 0 fully saturated rings. The Morgan fingerprint density at radius 1 is 1.32 bits per heavy atom. The van der Waals surface area contributed by atoms with Gasteiger partial charge in [0.1, 0.15) is 5.69 Å². The number of aromatic nitrogens is 3. The fraction of sp³-hybridized carbons (Fsp3) is 0.357. The molecule has 0 aliphatic rings. The molecule has 19 heavy (non-hydrogen) atoms. The Morgan fingerprint density at radius 2 is 2.16 bits per heavy atom. The lowest BCUT2D eigenvalue weighted by atomic mass is 10.2. The van der Waals surface area contributed by atoms with Gasteiger partial charge in [0.2, 0.25) is 0 Å². The van der Waals surface area contributed by atoms with Gasteiger partial charge in [-0.1, -0.05) is 13.0 Å². The highest BCUT2D eigenvalue weighted by molar-refractivity contribution is 5.57. The molecule has 0 spiro atoms. The topological polar surface area (TPSA) is 59.9 Å². The van der Waals surface area contributed by atoms with E-state index in [0.29, 0.717) is 23.4 Å². The highest BCUT2D eigenvalue weighted by atomic mass is 16.5. The molecule has 5 heteroatoms. The predicted octanol–water partition coefficient (Wildman–Crippen LogP) is 2.76. The van der Waals surface area contributed by atoms with Crippen LogP contribution in [0, 0.1) is 0 Å². The summed E-state index contributed by atoms with van der Waals surface area (Å²) in [5.41, 5.74) is 0.748. The van der Waals surface area contributed by atoms with Gasteiger partial charge in [0, 0.05) is 12.2 Å². The lowest BCUT2D eigenvalue weighted by molar-refractivity contribution is 0.412. The highest BCUT2D eigenvalue weighted by Crippen LogP contribution is 2.24. The molecule has 5 nitrogen and oxygen atoms in total. The van der Waals surface area contributed by atoms with E-state index in [4.69, 9.17) is 4.74 Å². The molecule has 0 aromatic carbocycles. The molecule has 0 bridgehead atoms. The molecule has 0 amide bonds. The van der Waals surface area contributed by atoms with Crippen molar-refractivity contribution in [1.29, 1.82) is 0 Å². The van der Waals surface area contributed by atoms with Gasteiger partial charge in [-0.05, 0) is 25.5 Å². The minimum Gasteiger partial charge on any atom is -0.491 e. The van der Waals surface area contributed by atoms with Crippen molar-refractivity contribution in [1.82, 2.24) is 15.0 Å². The Bertz CT molecular complexity index is 530. The van der Waals surface area contributed by atoms with Gasteiger partial charge in [-0.15, -0.1) is 0 Å². The van der Waals surface area contributed by atoms with Crippen LogP contribution < -0.4 is 10.1 Å². The normalized spacial score (nSPS) is 11.9. The Kier molecular flexibility index (Phi) is 4.28. The second-order valence-corrected chi connectivity index (χ2v) is 4.28. The number of nitrogens with one attached hydrogen (secondary N) is 1. The summed E-state index contributed by atoms with van der Waals surface area (Å²) in [5, 5.41) is 3.32. The van der Waals surface area contributed by atoms with Gasteiger partial charge in [-0.25, -0.2) is 9.97 Å². The smallest absolute Gasteiger partial charge is 0.180 e. The third-order valence-electron chi connectivity index (χ3n) is 2.86. The number of ether oxygens (including phenoxy) is 1. The van der Waals surface area contributed by atoms with Crippen LogP contribution in [0.25, 0.3) is 11.5 Å². The van der Waals surface area contributed by atoms with Gasteiger partial charge in [0.05, 0.1) is 13.3 Å². The van der Waals surface area contributed by atoms with E-state index in [1.807, 2.05) is 18.2 Å². The van der Waals surface area contributed by atoms with Crippen molar-refractivity contribution in [3.63, 3.8) is 0 Å². The molecule has 0 saturated heterocycles. The number of hydrogen-bond acceptors (Lipinski definition) is 5. The van der Waals surface area contributed by atoms with Crippen LogP contribution in [0.15, 0.2) is 30.6 Å². The van der Waals surface area contributed by atoms with Gasteiger partial charge in [-0.3, -0.25) is 4.98 Å². The lowest BCUT2D eigenvalue weighted by Crippen LogP contribution is -2.15. The molecule has 1 atom stereocenters. The molecule has 1 N–H and O–H groups in total. The highest BCUT2D eigenvalue weighted by Gasteiger charge is 2.11. The van der Waals surface area contributed by atoms with Crippen LogP contribution in [0.5, 0.6) is 5.75 Å². The third-order valence-corrected chi connectivity index (χ3v) is 2.86. The molecule has 2 rings (SSSR count). The van der Waals surface area contributed by atoms with Gasteiger partial charge >= 0.3 is 0 Å². The van der Waals surface area contributed by atoms with Gasteiger partial charge in [0.25, 0.3) is 0 Å². The Labute approximate surface area is 113 Å². The SMILES string of the molecule is CC[C@H](C)Nc1nc(-c2ccccn2)ncc1OC. The van der Waals surface area contributed by atoms with Crippen molar-refractivity contribution in [2.45, 2.75) is 26.3 Å². The first kappa shape index (κ1) is 13.3. The van der Waals surface area contributed by atoms with Crippen LogP contribution in [0.4, 0.5) is 5.82 Å². The van der Waals surface area contributed by atoms with Gasteiger partial charge < -0.3 is 10.1 Å². The number of anilines is 1. The van der Waals surface area contributed by atoms with Crippen LogP contribution in [0.1, 0.15) is 20.3 Å². The molecule has 100 valence electrons. The Balaban J connectivity index is 2.35. The first-order chi connectivity index (χ1) is 9.24. The number of rotatable bonds is 5. The zero-order chi connectivity index (χ0) is 13.7. The van der Waals surface area contributed by atoms with Crippen LogP contribution in [-0.2, 0) is 0 Å². The third kappa shape index (κ3) is 3.19. The van der Waals surface area contributed by atoms with Crippen LogP contribution in [0.3, 0.4) is 0 Å². The molecule has 2 aromatic heterocycles. The maximum Gasteiger partial charge on any atom is 0.180 e. The van der Waals surface area contributed by atoms with Crippen molar-refractivity contribution in [3.8, 4) is 17.3 Å². The maximum atomic E-state index is 5.27. The molecule has 0 unspecified atom stereocenters. The quantitative estimate of drug-likeness (QED) is 0.893. The fourth-order valence-corrected chi connectivity index (χ4v) is 1.58. The van der Waals surface area contributed by atoms with E-state index < -0.39 is 0 Å². The molecule has 0 aliphatic heterocycles. The number of pyridine rings is 1. The van der Waals surface area contributed by atoms with E-state index >= 15 is 0 Å². The Morgan fingerprint density at radius 3 is 2.79 bits per heavy atom. The minimum atomic E-state index is 0.320. The first-order valence-corrected chi connectivity index (χ1v) is 6.33. The summed E-state index contributed by atoms with van der Waals surface area (Å²) in [6.45, 7) is 4.22. The zero-order valence-electron chi connectivity index (χ0n) is 11.4. The van der Waals surface area contributed by atoms with Gasteiger partial charge in [0.15, 0.2) is 17.4 Å². The summed E-state index contributed by atoms with van der Waals surface area (Å²) in [4.78, 5) is 13.0. The first-order valence-electron chi connectivity index (χ1n) is 6.33. The summed E-state index contributed by atoms with van der Waals surface area (Å²) in [6.07, 6.45) is 4.40. The molecule has 0 radical (unpaired) electrons. The van der Waals surface area contributed by atoms with Crippen LogP contribution >= 0.6 is 0 Å². The van der Waals surface area contributed by atoms with E-state index in [1.165, 1.54) is 0 Å². The number of hydrogen-bond donors (Lipinski definition) is 1. The predicted molar refractivity (Wildman–Crippen MR) is 75.2 cm³/mol. The summed E-state index contributed by atoms with van der Waals surface area (Å²) in [7, 11) is 1.61. The van der Waals surface area contributed by atoms with Crippen molar-refractivity contribution in [2.24, 2.45) is 0 Å². The van der Waals surface area contributed by atoms with Crippen LogP contribution in [0.2, 0.25) is 0 Å². The molecular weight excluding hydrogens is 240 g/mol. The van der Waals surface area contributed by atoms with Crippen molar-refractivity contribution >= 4 is 5.82 Å². The molecule has 2 heterocycles. The van der Waals surface area contributed by atoms with Crippen molar-refractivity contribution in [3.05, 3.63) is 30.6 Å². The molecular formula is C14H18N4O. The Hall–Kier alpha value is -2.17. The zero-order valence-corrected chi connectivity index (χ0v) is 11.4. The van der Waals surface area contributed by atoms with E-state index in [9.17, 15) is 0 Å². The standard InChI is InChI=1S/C14H18N4O/c1-4-10(2)17-14-12(19-3)9-16-13(18-14)11-7-5-6-8-15-11/h5-10H,4H2,1-3H3,(H,16,17,18)/t10-/m0/s1. The maximum absolute atomic E-state index is 5.27. The average molecular weight is 258 g/mol. The van der Waals surface area contributed by atoms with Crippen LogP contribution in [-0.4, -0.2) is 28.1 Å². The summed E-state index contributed by atoms with van der Waals surface area (Å²) >= 11 is 0. The van der Waals surface area contributed by atoms with Crippen molar-refractivity contribution in [2.75, 3.05) is 12.4 Å². The summed E-state index contributed by atoms with van der Waals surface area (Å²) in [6, 6.07) is 5.98. The van der Waals surface area contributed by atoms with Gasteiger partial charge in [-0.2, -0.15) is 0 Å². The largest absolute Gasteiger partial charge is 0.491 e. The molecule has 0 aliphatic carbocycles. The second-order valence-electron chi connectivity index (χ2n) is 4.28. The summed E-state index contributed by atoms with van der Waals surface area (Å²) < 4.78 is 5.27. The monoisotopic (exact) mass is 258 g/mol. The van der Waals surface area contributed by atoms with E-state index in [0.717, 1.165) is 12.1 Å². The average Bonchev–Trinajstić information content (AvgIpc) is 2.48. The second kappa shape index (κ2) is 6.13. The van der Waals surface area contributed by atoms with Crippen molar-refractivity contribution < 1.29 is 4.74 Å². The molecule has 2 aromatic rings.